The second-order valence-corrected chi connectivity index (χ2v) is 6.48. The second-order valence-electron chi connectivity index (χ2n) is 6.48. The highest BCUT2D eigenvalue weighted by molar-refractivity contribution is 5.91. The first-order chi connectivity index (χ1) is 14.0. The van der Waals surface area contributed by atoms with Gasteiger partial charge in [0.2, 0.25) is 5.88 Å². The number of hydrogen-bond donors (Lipinski definition) is 1. The van der Waals surface area contributed by atoms with Crippen molar-refractivity contribution in [3.8, 4) is 5.88 Å². The van der Waals surface area contributed by atoms with Gasteiger partial charge in [0, 0.05) is 36.8 Å². The van der Waals surface area contributed by atoms with Gasteiger partial charge in [-0.25, -0.2) is 9.67 Å². The lowest BCUT2D eigenvalue weighted by Crippen LogP contribution is -2.22. The summed E-state index contributed by atoms with van der Waals surface area (Å²) in [6.45, 7) is 1.52. The van der Waals surface area contributed by atoms with Crippen LogP contribution in [-0.2, 0) is 13.2 Å². The molecule has 0 bridgehead atoms. The maximum atomic E-state index is 13.2. The third-order valence-electron chi connectivity index (χ3n) is 4.45. The number of nitrogens with zero attached hydrogens (tertiary/aromatic N) is 4. The molecule has 0 fully saturated rings. The van der Waals surface area contributed by atoms with E-state index in [2.05, 4.69) is 15.4 Å². The Morgan fingerprint density at radius 1 is 1.23 bits per heavy atom. The molecule has 3 rings (SSSR count). The monoisotopic (exact) mass is 423 g/mol. The summed E-state index contributed by atoms with van der Waals surface area (Å²) in [5.41, 5.74) is -2.21. The number of non-ortho nitro benzene ring substituents is 1. The maximum Gasteiger partial charge on any atom is 0.416 e. The fraction of sp³-hybridized carbons (Fsp3) is 0.278. The van der Waals surface area contributed by atoms with Crippen molar-refractivity contribution in [1.82, 2.24) is 14.8 Å². The second kappa shape index (κ2) is 7.61. The normalized spacial score (nSPS) is 12.6. The molecule has 0 amide bonds. The predicted molar refractivity (Wildman–Crippen MR) is 101 cm³/mol. The van der Waals surface area contributed by atoms with Crippen LogP contribution in [0.5, 0.6) is 5.88 Å². The number of aromatic nitrogens is 3. The van der Waals surface area contributed by atoms with Gasteiger partial charge in [-0.1, -0.05) is 0 Å². The molecule has 0 saturated heterocycles. The summed E-state index contributed by atoms with van der Waals surface area (Å²) in [6.07, 6.45) is -3.44. The average molecular weight is 423 g/mol. The fourth-order valence-electron chi connectivity index (χ4n) is 2.89. The van der Waals surface area contributed by atoms with Crippen LogP contribution >= 0.6 is 0 Å². The molecule has 1 N–H and O–H groups in total. The molecular formula is C18H16F3N5O4. The molecule has 3 aromatic rings. The molecule has 12 heteroatoms. The highest BCUT2D eigenvalue weighted by Crippen LogP contribution is 2.35. The zero-order valence-corrected chi connectivity index (χ0v) is 16.0. The van der Waals surface area contributed by atoms with Crippen molar-refractivity contribution in [2.75, 3.05) is 12.4 Å². The molecule has 2 aromatic heterocycles. The van der Waals surface area contributed by atoms with Crippen LogP contribution in [-0.4, -0.2) is 26.8 Å². The molecule has 9 nitrogen and oxygen atoms in total. The van der Waals surface area contributed by atoms with Crippen molar-refractivity contribution in [3.05, 3.63) is 62.1 Å². The maximum absolute atomic E-state index is 13.2. The van der Waals surface area contributed by atoms with E-state index < -0.39 is 34.0 Å². The van der Waals surface area contributed by atoms with Crippen LogP contribution in [0.3, 0.4) is 0 Å². The van der Waals surface area contributed by atoms with Crippen molar-refractivity contribution < 1.29 is 22.8 Å². The van der Waals surface area contributed by atoms with Gasteiger partial charge in [0.25, 0.3) is 11.2 Å². The third-order valence-corrected chi connectivity index (χ3v) is 4.45. The van der Waals surface area contributed by atoms with E-state index in [1.807, 2.05) is 0 Å². The van der Waals surface area contributed by atoms with Crippen LogP contribution in [0.2, 0.25) is 0 Å². The summed E-state index contributed by atoms with van der Waals surface area (Å²) < 4.78 is 45.6. The summed E-state index contributed by atoms with van der Waals surface area (Å²) >= 11 is 0. The van der Waals surface area contributed by atoms with Gasteiger partial charge in [0.05, 0.1) is 29.0 Å². The van der Waals surface area contributed by atoms with Crippen molar-refractivity contribution in [2.24, 2.45) is 7.05 Å². The molecule has 0 spiro atoms. The number of hydrogen-bond acceptors (Lipinski definition) is 7. The van der Waals surface area contributed by atoms with Gasteiger partial charge < -0.3 is 10.1 Å². The number of benzene rings is 1. The molecule has 1 atom stereocenters. The first kappa shape index (κ1) is 21.0. The van der Waals surface area contributed by atoms with Gasteiger partial charge in [-0.15, -0.1) is 0 Å². The van der Waals surface area contributed by atoms with E-state index in [0.29, 0.717) is 11.5 Å². The largest absolute Gasteiger partial charge is 0.481 e. The van der Waals surface area contributed by atoms with E-state index in [1.165, 1.54) is 33.3 Å². The standard InChI is InChI=1S/C18H16F3N5O4/c1-9(10-4-11(18(19,20)21)6-12(5-10)26(28)29)23-16-13-7-15(30-3)22-8-14(13)17(27)25(2)24-16/h4-9H,1-3H3,(H,23,24)/t9-/m1/s1. The van der Waals surface area contributed by atoms with E-state index in [-0.39, 0.29) is 22.6 Å². The number of rotatable bonds is 5. The Labute approximate surface area is 167 Å². The molecule has 30 heavy (non-hydrogen) atoms. The van der Waals surface area contributed by atoms with Crippen LogP contribution in [0, 0.1) is 10.1 Å². The Hall–Kier alpha value is -3.70. The number of fused-ring (bicyclic) bond motifs is 1. The molecule has 0 unspecified atom stereocenters. The van der Waals surface area contributed by atoms with Crippen LogP contribution in [0.4, 0.5) is 24.7 Å². The molecule has 0 aliphatic rings. The van der Waals surface area contributed by atoms with E-state index in [0.717, 1.165) is 16.8 Å². The van der Waals surface area contributed by atoms with Crippen molar-refractivity contribution in [3.63, 3.8) is 0 Å². The topological polar surface area (TPSA) is 112 Å². The zero-order valence-electron chi connectivity index (χ0n) is 16.0. The smallest absolute Gasteiger partial charge is 0.416 e. The molecule has 1 aromatic carbocycles. The molecule has 158 valence electrons. The zero-order chi connectivity index (χ0) is 22.2. The van der Waals surface area contributed by atoms with Gasteiger partial charge in [-0.3, -0.25) is 14.9 Å². The summed E-state index contributed by atoms with van der Waals surface area (Å²) in [5.74, 6) is 0.392. The van der Waals surface area contributed by atoms with Gasteiger partial charge >= 0.3 is 6.18 Å². The summed E-state index contributed by atoms with van der Waals surface area (Å²) in [4.78, 5) is 26.5. The molecule has 0 saturated carbocycles. The van der Waals surface area contributed by atoms with Crippen LogP contribution in [0.1, 0.15) is 24.1 Å². The van der Waals surface area contributed by atoms with Gasteiger partial charge in [-0.05, 0) is 18.6 Å². The van der Waals surface area contributed by atoms with Crippen molar-refractivity contribution in [2.45, 2.75) is 19.1 Å². The number of aryl methyl sites for hydroxylation is 1. The van der Waals surface area contributed by atoms with E-state index in [9.17, 15) is 28.1 Å². The van der Waals surface area contributed by atoms with E-state index >= 15 is 0 Å². The Kier molecular flexibility index (Phi) is 5.33. The minimum atomic E-state index is -4.75. The van der Waals surface area contributed by atoms with Gasteiger partial charge in [0.1, 0.15) is 0 Å². The Balaban J connectivity index is 2.10. The average Bonchev–Trinajstić information content (AvgIpc) is 2.70. The number of nitro groups is 1. The number of ether oxygens (including phenoxy) is 1. The Bertz CT molecular complexity index is 1190. The molecule has 0 aliphatic carbocycles. The summed E-state index contributed by atoms with van der Waals surface area (Å²) in [5, 5.41) is 18.7. The first-order valence-corrected chi connectivity index (χ1v) is 8.55. The predicted octanol–water partition coefficient (Wildman–Crippen LogP) is 3.44. The Morgan fingerprint density at radius 3 is 2.53 bits per heavy atom. The van der Waals surface area contributed by atoms with Crippen LogP contribution < -0.4 is 15.6 Å². The van der Waals surface area contributed by atoms with Gasteiger partial charge in [-0.2, -0.15) is 18.3 Å². The summed E-state index contributed by atoms with van der Waals surface area (Å²) in [6, 6.07) is 3.02. The number of pyridine rings is 1. The van der Waals surface area contributed by atoms with E-state index in [1.54, 1.807) is 0 Å². The third kappa shape index (κ3) is 4.02. The number of methoxy groups -OCH3 is 1. The van der Waals surface area contributed by atoms with Crippen molar-refractivity contribution in [1.29, 1.82) is 0 Å². The SMILES string of the molecule is COc1cc2c(N[C@H](C)c3cc([N+](=O)[O-])cc(C(F)(F)F)c3)nn(C)c(=O)c2cn1. The molecule has 2 heterocycles. The number of nitro benzene ring substituents is 1. The minimum Gasteiger partial charge on any atom is -0.481 e. The lowest BCUT2D eigenvalue weighted by Gasteiger charge is -2.18. The number of anilines is 1. The van der Waals surface area contributed by atoms with E-state index in [4.69, 9.17) is 4.74 Å². The molecule has 0 radical (unpaired) electrons. The van der Waals surface area contributed by atoms with Crippen LogP contribution in [0.25, 0.3) is 10.8 Å². The number of nitrogens with one attached hydrogen (secondary N) is 1. The molecular weight excluding hydrogens is 407 g/mol. The molecule has 0 aliphatic heterocycles. The number of alkyl halides is 3. The Morgan fingerprint density at radius 2 is 1.93 bits per heavy atom. The first-order valence-electron chi connectivity index (χ1n) is 8.55. The lowest BCUT2D eigenvalue weighted by atomic mass is 10.0. The van der Waals surface area contributed by atoms with Crippen LogP contribution in [0.15, 0.2) is 35.3 Å². The highest BCUT2D eigenvalue weighted by atomic mass is 19.4. The lowest BCUT2D eigenvalue weighted by molar-refractivity contribution is -0.385. The highest BCUT2D eigenvalue weighted by Gasteiger charge is 2.33. The number of halogens is 3. The fourth-order valence-corrected chi connectivity index (χ4v) is 2.89. The van der Waals surface area contributed by atoms with Crippen molar-refractivity contribution >= 4 is 22.3 Å². The van der Waals surface area contributed by atoms with Gasteiger partial charge in [0.15, 0.2) is 5.82 Å². The minimum absolute atomic E-state index is 0.0290. The summed E-state index contributed by atoms with van der Waals surface area (Å²) in [7, 11) is 2.80. The quantitative estimate of drug-likeness (QED) is 0.494.